The van der Waals surface area contributed by atoms with Crippen molar-refractivity contribution in [3.63, 3.8) is 0 Å². The lowest BCUT2D eigenvalue weighted by Gasteiger charge is -2.23. The normalized spacial score (nSPS) is 15.8. The fraction of sp³-hybridized carbons (Fsp3) is 0.367. The van der Waals surface area contributed by atoms with E-state index in [0.717, 1.165) is 52.4 Å². The highest BCUT2D eigenvalue weighted by molar-refractivity contribution is 7.59. The molecule has 4 heterocycles. The molecule has 0 saturated carbocycles. The van der Waals surface area contributed by atoms with Crippen molar-refractivity contribution in [2.75, 3.05) is 43.9 Å². The van der Waals surface area contributed by atoms with Crippen LogP contribution in [-0.2, 0) is 0 Å². The Balaban J connectivity index is 0.00000370. The van der Waals surface area contributed by atoms with Crippen LogP contribution in [0.5, 0.6) is 0 Å². The van der Waals surface area contributed by atoms with Crippen molar-refractivity contribution in [3.8, 4) is 11.3 Å². The first-order chi connectivity index (χ1) is 19.1. The molecule has 3 aromatic heterocycles. The van der Waals surface area contributed by atoms with Crippen LogP contribution in [0.15, 0.2) is 61.2 Å². The Hall–Kier alpha value is -3.76. The van der Waals surface area contributed by atoms with Crippen molar-refractivity contribution < 1.29 is 4.79 Å². The van der Waals surface area contributed by atoms with Crippen LogP contribution in [0.4, 0.5) is 11.6 Å². The van der Waals surface area contributed by atoms with Crippen molar-refractivity contribution in [1.29, 1.82) is 0 Å². The molecule has 2 atom stereocenters. The molecule has 5 rings (SSSR count). The molecular weight excluding hydrogens is 520 g/mol. The van der Waals surface area contributed by atoms with Gasteiger partial charge in [0.1, 0.15) is 18.0 Å². The molecule has 9 nitrogen and oxygen atoms in total. The molecule has 210 valence electrons. The van der Waals surface area contributed by atoms with Gasteiger partial charge in [0.25, 0.3) is 5.91 Å². The number of anilines is 2. The first-order valence-electron chi connectivity index (χ1n) is 13.7. The Kier molecular flexibility index (Phi) is 9.89. The number of carbonyl (C=O) groups is 1. The molecule has 10 heteroatoms. The lowest BCUT2D eigenvalue weighted by atomic mass is 9.96. The number of likely N-dealkylation sites (N-methyl/N-ethyl adjacent to an activating group) is 1. The van der Waals surface area contributed by atoms with E-state index in [-0.39, 0.29) is 25.3 Å². The van der Waals surface area contributed by atoms with Gasteiger partial charge in [-0.25, -0.2) is 15.0 Å². The number of hydrogen-bond acceptors (Lipinski definition) is 8. The second-order valence-electron chi connectivity index (χ2n) is 9.99. The number of fused-ring (bicyclic) bond motifs is 1. The first kappa shape index (κ1) is 29.2. The number of aromatic nitrogens is 4. The summed E-state index contributed by atoms with van der Waals surface area (Å²) in [7, 11) is 1.64. The highest BCUT2D eigenvalue weighted by Crippen LogP contribution is 2.27. The smallest absolute Gasteiger partial charge is 0.251 e. The van der Waals surface area contributed by atoms with Gasteiger partial charge in [0, 0.05) is 61.5 Å². The molecule has 1 saturated heterocycles. The number of nitrogens with one attached hydrogen (secondary N) is 3. The van der Waals surface area contributed by atoms with Crippen molar-refractivity contribution >= 4 is 41.9 Å². The van der Waals surface area contributed by atoms with E-state index in [1.165, 1.54) is 19.4 Å². The number of nitrogens with zero attached hydrogens (tertiary/aromatic N) is 5. The number of pyridine rings is 2. The zero-order valence-electron chi connectivity index (χ0n) is 23.3. The summed E-state index contributed by atoms with van der Waals surface area (Å²) in [6.07, 6.45) is 7.63. The quantitative estimate of drug-likeness (QED) is 0.258. The predicted molar refractivity (Wildman–Crippen MR) is 166 cm³/mol. The van der Waals surface area contributed by atoms with E-state index in [4.69, 9.17) is 0 Å². The molecule has 1 fully saturated rings. The summed E-state index contributed by atoms with van der Waals surface area (Å²) in [5.41, 5.74) is 4.30. The number of amides is 1. The lowest BCUT2D eigenvalue weighted by Crippen LogP contribution is -2.34. The Morgan fingerprint density at radius 2 is 1.95 bits per heavy atom. The highest BCUT2D eigenvalue weighted by Gasteiger charge is 2.22. The molecule has 0 unspecified atom stereocenters. The van der Waals surface area contributed by atoms with E-state index in [0.29, 0.717) is 18.2 Å². The second kappa shape index (κ2) is 13.5. The molecule has 0 aliphatic carbocycles. The second-order valence-corrected chi connectivity index (χ2v) is 9.99. The van der Waals surface area contributed by atoms with Crippen molar-refractivity contribution in [1.82, 2.24) is 30.2 Å². The molecule has 0 spiro atoms. The number of carbonyl (C=O) groups excluding carboxylic acids is 1. The summed E-state index contributed by atoms with van der Waals surface area (Å²) in [6.45, 7) is 8.22. The molecule has 3 N–H and O–H groups in total. The standard InChI is InChI=1S/C30H36N8O.H2S/c1-4-38-14-6-7-22(38)18-35-27-11-10-21(17-34-27)26-15-28(37-19-36-26)33-16-20(2)23-8-5-9-24-25(30(39)31-3)12-13-32-29(23)24;/h5,8-13,15,17,19-20,22H,4,6-7,14,16,18H2,1-3H3,(H,31,39)(H,34,35)(H,33,36,37);1H2/t20-,22+;/m1./s1. The molecule has 0 radical (unpaired) electrons. The first-order valence-corrected chi connectivity index (χ1v) is 13.7. The summed E-state index contributed by atoms with van der Waals surface area (Å²) in [5, 5.41) is 10.5. The molecule has 1 aliphatic heterocycles. The third-order valence-corrected chi connectivity index (χ3v) is 7.54. The van der Waals surface area contributed by atoms with E-state index >= 15 is 0 Å². The number of likely N-dealkylation sites (tertiary alicyclic amines) is 1. The summed E-state index contributed by atoms with van der Waals surface area (Å²) < 4.78 is 0. The molecular formula is C30H38N8OS. The minimum absolute atomic E-state index is 0. The molecule has 40 heavy (non-hydrogen) atoms. The summed E-state index contributed by atoms with van der Waals surface area (Å²) in [6, 6.07) is 14.3. The SMILES string of the molecule is CCN1CCC[C@H]1CNc1ccc(-c2cc(NC[C@@H](C)c3cccc4c(C(=O)NC)ccnc34)ncn2)cn1.S. The summed E-state index contributed by atoms with van der Waals surface area (Å²) >= 11 is 0. The Labute approximate surface area is 242 Å². The molecule has 1 aromatic carbocycles. The van der Waals surface area contributed by atoms with Crippen molar-refractivity contribution in [2.24, 2.45) is 0 Å². The largest absolute Gasteiger partial charge is 0.369 e. The minimum Gasteiger partial charge on any atom is -0.369 e. The molecule has 1 amide bonds. The minimum atomic E-state index is -0.117. The van der Waals surface area contributed by atoms with E-state index in [1.807, 2.05) is 36.5 Å². The maximum absolute atomic E-state index is 12.3. The van der Waals surface area contributed by atoms with Gasteiger partial charge in [-0.05, 0) is 49.7 Å². The average Bonchev–Trinajstić information content (AvgIpc) is 3.46. The van der Waals surface area contributed by atoms with Crippen LogP contribution in [-0.4, -0.2) is 70.0 Å². The Morgan fingerprint density at radius 3 is 2.73 bits per heavy atom. The van der Waals surface area contributed by atoms with Crippen LogP contribution in [0, 0.1) is 0 Å². The highest BCUT2D eigenvalue weighted by atomic mass is 32.1. The van der Waals surface area contributed by atoms with Gasteiger partial charge in [0.05, 0.1) is 16.8 Å². The molecule has 0 bridgehead atoms. The van der Waals surface area contributed by atoms with Gasteiger partial charge < -0.3 is 16.0 Å². The van der Waals surface area contributed by atoms with E-state index < -0.39 is 0 Å². The zero-order chi connectivity index (χ0) is 27.2. The van der Waals surface area contributed by atoms with Crippen molar-refractivity contribution in [3.05, 3.63) is 72.3 Å². The third kappa shape index (κ3) is 6.51. The number of benzene rings is 1. The monoisotopic (exact) mass is 558 g/mol. The average molecular weight is 559 g/mol. The van der Waals surface area contributed by atoms with Gasteiger partial charge in [-0.3, -0.25) is 14.7 Å². The topological polar surface area (TPSA) is 108 Å². The fourth-order valence-corrected chi connectivity index (χ4v) is 5.32. The van der Waals surface area contributed by atoms with Crippen LogP contribution in [0.1, 0.15) is 48.5 Å². The number of hydrogen-bond donors (Lipinski definition) is 3. The van der Waals surface area contributed by atoms with E-state index in [2.05, 4.69) is 60.7 Å². The Morgan fingerprint density at radius 1 is 1.07 bits per heavy atom. The third-order valence-electron chi connectivity index (χ3n) is 7.54. The van der Waals surface area contributed by atoms with Gasteiger partial charge in [-0.15, -0.1) is 0 Å². The van der Waals surface area contributed by atoms with Crippen molar-refractivity contribution in [2.45, 2.75) is 38.6 Å². The van der Waals surface area contributed by atoms with Gasteiger partial charge >= 0.3 is 0 Å². The van der Waals surface area contributed by atoms with Crippen LogP contribution < -0.4 is 16.0 Å². The van der Waals surface area contributed by atoms with Gasteiger partial charge in [0.2, 0.25) is 0 Å². The molecule has 4 aromatic rings. The van der Waals surface area contributed by atoms with Crippen LogP contribution in [0.25, 0.3) is 22.2 Å². The number of para-hydroxylation sites is 1. The number of rotatable bonds is 10. The summed E-state index contributed by atoms with van der Waals surface area (Å²) in [5.74, 6) is 1.64. The van der Waals surface area contributed by atoms with Gasteiger partial charge in [-0.2, -0.15) is 13.5 Å². The fourth-order valence-electron chi connectivity index (χ4n) is 5.32. The molecule has 1 aliphatic rings. The zero-order valence-corrected chi connectivity index (χ0v) is 24.3. The maximum Gasteiger partial charge on any atom is 0.251 e. The van der Waals surface area contributed by atoms with E-state index in [1.54, 1.807) is 25.6 Å². The Bertz CT molecular complexity index is 1430. The van der Waals surface area contributed by atoms with Gasteiger partial charge in [-0.1, -0.05) is 32.0 Å². The lowest BCUT2D eigenvalue weighted by molar-refractivity contribution is 0.0964. The van der Waals surface area contributed by atoms with E-state index in [9.17, 15) is 4.79 Å². The maximum atomic E-state index is 12.3. The predicted octanol–water partition coefficient (Wildman–Crippen LogP) is 4.67. The van der Waals surface area contributed by atoms with Crippen LogP contribution >= 0.6 is 13.5 Å². The summed E-state index contributed by atoms with van der Waals surface area (Å²) in [4.78, 5) is 32.9. The van der Waals surface area contributed by atoms with Crippen LogP contribution in [0.2, 0.25) is 0 Å². The van der Waals surface area contributed by atoms with Crippen LogP contribution in [0.3, 0.4) is 0 Å². The van der Waals surface area contributed by atoms with Gasteiger partial charge in [0.15, 0.2) is 0 Å².